The zero-order valence-electron chi connectivity index (χ0n) is 17.9. The molecule has 0 saturated heterocycles. The van der Waals surface area contributed by atoms with Crippen molar-refractivity contribution in [3.8, 4) is 5.75 Å². The third kappa shape index (κ3) is 7.76. The number of aliphatic imine (C=N–C) groups is 1. The van der Waals surface area contributed by atoms with Crippen LogP contribution in [0.15, 0.2) is 46.8 Å². The van der Waals surface area contributed by atoms with Gasteiger partial charge in [0.15, 0.2) is 11.8 Å². The topological polar surface area (TPSA) is 67.6 Å². The van der Waals surface area contributed by atoms with Crippen LogP contribution in [-0.2, 0) is 20.0 Å². The Kier molecular flexibility index (Phi) is 10.2. The summed E-state index contributed by atoms with van der Waals surface area (Å²) in [6.07, 6.45) is 0.930. The third-order valence-electron chi connectivity index (χ3n) is 4.66. The van der Waals surface area contributed by atoms with Gasteiger partial charge in [0.25, 0.3) is 0 Å². The van der Waals surface area contributed by atoms with Crippen molar-refractivity contribution in [3.05, 3.63) is 64.1 Å². The normalized spacial score (nSPS) is 11.2. The second kappa shape index (κ2) is 12.6. The van der Waals surface area contributed by atoms with Crippen LogP contribution in [0.1, 0.15) is 16.5 Å². The highest BCUT2D eigenvalue weighted by atomic mass is 127. The SMILES string of the molecule is Cc1nnc(CN=C(NCCc2cccs2)N(C)CCOc2ccc(F)cc2)n1C.I. The van der Waals surface area contributed by atoms with Crippen LogP contribution in [0.4, 0.5) is 4.39 Å². The number of benzene rings is 1. The largest absolute Gasteiger partial charge is 0.492 e. The number of thiophene rings is 1. The molecule has 0 bridgehead atoms. The van der Waals surface area contributed by atoms with E-state index in [2.05, 4.69) is 33.0 Å². The van der Waals surface area contributed by atoms with E-state index >= 15 is 0 Å². The first-order valence-corrected chi connectivity index (χ1v) is 10.7. The second-order valence-electron chi connectivity index (χ2n) is 6.84. The first-order valence-electron chi connectivity index (χ1n) is 9.78. The molecule has 2 aromatic heterocycles. The van der Waals surface area contributed by atoms with E-state index in [1.165, 1.54) is 17.0 Å². The lowest BCUT2D eigenvalue weighted by Crippen LogP contribution is -2.41. The summed E-state index contributed by atoms with van der Waals surface area (Å²) in [7, 11) is 3.90. The Morgan fingerprint density at radius 2 is 2.03 bits per heavy atom. The van der Waals surface area contributed by atoms with Crippen molar-refractivity contribution >= 4 is 41.3 Å². The maximum Gasteiger partial charge on any atom is 0.194 e. The lowest BCUT2D eigenvalue weighted by molar-refractivity contribution is 0.281. The summed E-state index contributed by atoms with van der Waals surface area (Å²) < 4.78 is 20.7. The van der Waals surface area contributed by atoms with E-state index < -0.39 is 0 Å². The van der Waals surface area contributed by atoms with Crippen LogP contribution in [-0.4, -0.2) is 52.4 Å². The minimum Gasteiger partial charge on any atom is -0.492 e. The molecular formula is C21H28FIN6OS. The van der Waals surface area contributed by atoms with Crippen molar-refractivity contribution in [1.29, 1.82) is 0 Å². The number of ether oxygens (including phenoxy) is 1. The first-order chi connectivity index (χ1) is 14.5. The molecule has 0 fully saturated rings. The number of rotatable bonds is 9. The number of likely N-dealkylation sites (N-methyl/N-ethyl adjacent to an activating group) is 1. The number of guanidine groups is 1. The molecule has 0 amide bonds. The number of nitrogens with one attached hydrogen (secondary N) is 1. The highest BCUT2D eigenvalue weighted by Crippen LogP contribution is 2.11. The predicted octanol–water partition coefficient (Wildman–Crippen LogP) is 3.64. The highest BCUT2D eigenvalue weighted by Gasteiger charge is 2.09. The van der Waals surface area contributed by atoms with Gasteiger partial charge in [-0.25, -0.2) is 9.38 Å². The van der Waals surface area contributed by atoms with Gasteiger partial charge in [0.05, 0.1) is 6.54 Å². The molecule has 1 aromatic carbocycles. The van der Waals surface area contributed by atoms with Crippen LogP contribution in [0.25, 0.3) is 0 Å². The number of hydrogen-bond acceptors (Lipinski definition) is 5. The predicted molar refractivity (Wildman–Crippen MR) is 133 cm³/mol. The fraction of sp³-hybridized carbons (Fsp3) is 0.381. The lowest BCUT2D eigenvalue weighted by Gasteiger charge is -2.22. The fourth-order valence-electron chi connectivity index (χ4n) is 2.74. The van der Waals surface area contributed by atoms with E-state index in [0.29, 0.717) is 25.4 Å². The minimum absolute atomic E-state index is 0. The number of hydrogen-bond donors (Lipinski definition) is 1. The number of aryl methyl sites for hydroxylation is 1. The molecule has 0 spiro atoms. The van der Waals surface area contributed by atoms with Crippen molar-refractivity contribution in [2.45, 2.75) is 19.9 Å². The van der Waals surface area contributed by atoms with Crippen molar-refractivity contribution in [2.24, 2.45) is 12.0 Å². The van der Waals surface area contributed by atoms with Crippen molar-refractivity contribution in [1.82, 2.24) is 25.0 Å². The molecule has 7 nitrogen and oxygen atoms in total. The van der Waals surface area contributed by atoms with Gasteiger partial charge in [0.1, 0.15) is 30.5 Å². The van der Waals surface area contributed by atoms with Crippen LogP contribution in [0.5, 0.6) is 5.75 Å². The molecule has 10 heteroatoms. The molecule has 0 unspecified atom stereocenters. The van der Waals surface area contributed by atoms with Crippen LogP contribution < -0.4 is 10.1 Å². The summed E-state index contributed by atoms with van der Waals surface area (Å²) in [5, 5.41) is 13.8. The van der Waals surface area contributed by atoms with E-state index in [0.717, 1.165) is 30.6 Å². The monoisotopic (exact) mass is 558 g/mol. The third-order valence-corrected chi connectivity index (χ3v) is 5.59. The average molecular weight is 558 g/mol. The summed E-state index contributed by atoms with van der Waals surface area (Å²) in [6.45, 7) is 4.21. The molecular weight excluding hydrogens is 530 g/mol. The molecule has 31 heavy (non-hydrogen) atoms. The molecule has 0 atom stereocenters. The lowest BCUT2D eigenvalue weighted by atomic mass is 10.3. The Bertz CT molecular complexity index is 945. The first kappa shape index (κ1) is 25.1. The number of aromatic nitrogens is 3. The molecule has 0 aliphatic heterocycles. The Morgan fingerprint density at radius 3 is 2.68 bits per heavy atom. The Hall–Kier alpha value is -2.21. The average Bonchev–Trinajstić information content (AvgIpc) is 3.37. The molecule has 0 aliphatic carbocycles. The zero-order chi connectivity index (χ0) is 21.3. The summed E-state index contributed by atoms with van der Waals surface area (Å²) in [4.78, 5) is 8.07. The van der Waals surface area contributed by atoms with E-state index in [1.54, 1.807) is 23.5 Å². The molecule has 1 N–H and O–H groups in total. The van der Waals surface area contributed by atoms with Crippen molar-refractivity contribution in [2.75, 3.05) is 26.7 Å². The minimum atomic E-state index is -0.275. The van der Waals surface area contributed by atoms with Gasteiger partial charge in [-0.15, -0.1) is 45.5 Å². The van der Waals surface area contributed by atoms with E-state index in [4.69, 9.17) is 9.73 Å². The number of nitrogens with zero attached hydrogens (tertiary/aromatic N) is 5. The van der Waals surface area contributed by atoms with Crippen molar-refractivity contribution < 1.29 is 9.13 Å². The van der Waals surface area contributed by atoms with Crippen LogP contribution in [0.2, 0.25) is 0 Å². The summed E-state index contributed by atoms with van der Waals surface area (Å²) in [5.74, 6) is 2.80. The van der Waals surface area contributed by atoms with E-state index in [9.17, 15) is 4.39 Å². The van der Waals surface area contributed by atoms with E-state index in [-0.39, 0.29) is 29.8 Å². The van der Waals surface area contributed by atoms with Gasteiger partial charge in [-0.05, 0) is 49.1 Å². The Morgan fingerprint density at radius 1 is 1.26 bits per heavy atom. The molecule has 168 valence electrons. The van der Waals surface area contributed by atoms with Gasteiger partial charge in [-0.1, -0.05) is 6.07 Å². The zero-order valence-corrected chi connectivity index (χ0v) is 21.1. The van der Waals surface area contributed by atoms with Crippen molar-refractivity contribution in [3.63, 3.8) is 0 Å². The summed E-state index contributed by atoms with van der Waals surface area (Å²) in [6, 6.07) is 10.2. The van der Waals surface area contributed by atoms with Gasteiger partial charge in [-0.2, -0.15) is 0 Å². The maximum absolute atomic E-state index is 13.0. The Labute approximate surface area is 203 Å². The van der Waals surface area contributed by atoms with Crippen LogP contribution in [0, 0.1) is 12.7 Å². The molecule has 0 radical (unpaired) electrons. The Balaban J connectivity index is 0.00000341. The molecule has 3 aromatic rings. The van der Waals surface area contributed by atoms with Gasteiger partial charge in [0, 0.05) is 25.5 Å². The van der Waals surface area contributed by atoms with Crippen LogP contribution in [0.3, 0.4) is 0 Å². The molecule has 3 rings (SSSR count). The van der Waals surface area contributed by atoms with Gasteiger partial charge in [0.2, 0.25) is 0 Å². The molecule has 2 heterocycles. The molecule has 0 aliphatic rings. The standard InChI is InChI=1S/C21H27FN6OS.HI/c1-16-25-26-20(28(16)3)15-24-21(23-11-10-19-5-4-14-30-19)27(2)12-13-29-18-8-6-17(22)7-9-18;/h4-9,14H,10-13,15H2,1-3H3,(H,23,24);1H. The van der Waals surface area contributed by atoms with Gasteiger partial charge in [-0.3, -0.25) is 0 Å². The summed E-state index contributed by atoms with van der Waals surface area (Å²) in [5.41, 5.74) is 0. The fourth-order valence-corrected chi connectivity index (χ4v) is 3.44. The van der Waals surface area contributed by atoms with Crippen LogP contribution >= 0.6 is 35.3 Å². The highest BCUT2D eigenvalue weighted by molar-refractivity contribution is 14.0. The second-order valence-corrected chi connectivity index (χ2v) is 7.87. The maximum atomic E-state index is 13.0. The van der Waals surface area contributed by atoms with Gasteiger partial charge < -0.3 is 19.5 Å². The number of halogens is 2. The summed E-state index contributed by atoms with van der Waals surface area (Å²) >= 11 is 1.75. The quantitative estimate of drug-likeness (QED) is 0.247. The van der Waals surface area contributed by atoms with E-state index in [1.807, 2.05) is 30.5 Å². The smallest absolute Gasteiger partial charge is 0.194 e. The van der Waals surface area contributed by atoms with Gasteiger partial charge >= 0.3 is 0 Å². The molecule has 0 saturated carbocycles.